The van der Waals surface area contributed by atoms with Crippen molar-refractivity contribution in [1.82, 2.24) is 24.1 Å². The fourth-order valence-corrected chi connectivity index (χ4v) is 8.84. The molecule has 5 nitrogen and oxygen atoms in total. The lowest BCUT2D eigenvalue weighted by Gasteiger charge is -2.25. The van der Waals surface area contributed by atoms with Gasteiger partial charge in [-0.1, -0.05) is 163 Å². The summed E-state index contributed by atoms with van der Waals surface area (Å²) in [7, 11) is 33.0. The average Bonchev–Trinajstić information content (AvgIpc) is 3.84. The Bertz CT molecular complexity index is 3440. The largest absolute Gasteiger partial charge is 0.307 e. The Hall–Kier alpha value is -7.31. The van der Waals surface area contributed by atoms with Gasteiger partial charge < -0.3 is 4.57 Å². The van der Waals surface area contributed by atoms with Gasteiger partial charge in [0.15, 0.2) is 11.6 Å². The van der Waals surface area contributed by atoms with Crippen LogP contribution in [0.2, 0.25) is 0 Å². The van der Waals surface area contributed by atoms with Gasteiger partial charge in [-0.3, -0.25) is 4.57 Å². The molecule has 0 aliphatic heterocycles. The fourth-order valence-electron chi connectivity index (χ4n) is 8.84. The quantitative estimate of drug-likeness (QED) is 0.177. The minimum Gasteiger partial charge on any atom is -0.307 e. The number of hydrogen-bond donors (Lipinski definition) is 0. The van der Waals surface area contributed by atoms with Gasteiger partial charge in [0.05, 0.1) is 27.8 Å². The van der Waals surface area contributed by atoms with Gasteiger partial charge in [0.2, 0.25) is 5.95 Å². The first kappa shape index (κ1) is 36.8. The van der Waals surface area contributed by atoms with Crippen molar-refractivity contribution in [2.75, 3.05) is 0 Å². The lowest BCUT2D eigenvalue weighted by molar-refractivity contribution is 0.953. The Morgan fingerprint density at radius 2 is 0.770 bits per heavy atom. The second-order valence-electron chi connectivity index (χ2n) is 15.1. The van der Waals surface area contributed by atoms with Crippen molar-refractivity contribution in [3.05, 3.63) is 170 Å². The molecule has 0 aliphatic rings. The van der Waals surface area contributed by atoms with Crippen molar-refractivity contribution in [2.24, 2.45) is 0 Å². The molecule has 0 N–H and O–H groups in total. The molecule has 0 atom stereocenters. The van der Waals surface area contributed by atoms with Crippen LogP contribution in [0.1, 0.15) is 0 Å². The molecule has 0 fully saturated rings. The second-order valence-corrected chi connectivity index (χ2v) is 15.1. The minimum atomic E-state index is 0.165. The lowest BCUT2D eigenvalue weighted by Crippen LogP contribution is -2.55. The molecule has 0 amide bonds. The van der Waals surface area contributed by atoms with Crippen molar-refractivity contribution in [3.8, 4) is 56.7 Å². The zero-order valence-electron chi connectivity index (χ0n) is 32.8. The summed E-state index contributed by atoms with van der Waals surface area (Å²) in [5.41, 5.74) is 10.7. The van der Waals surface area contributed by atoms with Gasteiger partial charge in [-0.15, -0.1) is 16.4 Å². The Kier molecular flexibility index (Phi) is 8.71. The Morgan fingerprint density at radius 1 is 0.328 bits per heavy atom. The molecule has 3 heterocycles. The molecule has 61 heavy (non-hydrogen) atoms. The third kappa shape index (κ3) is 5.73. The smallest absolute Gasteiger partial charge is 0.238 e. The van der Waals surface area contributed by atoms with E-state index in [4.69, 9.17) is 54.2 Å². The third-order valence-corrected chi connectivity index (χ3v) is 11.7. The first-order chi connectivity index (χ1) is 29.9. The highest BCUT2D eigenvalue weighted by atomic mass is 15.2. The predicted molar refractivity (Wildman–Crippen MR) is 257 cm³/mol. The minimum absolute atomic E-state index is 0.165. The number of hydrogen-bond acceptors (Lipinski definition) is 3. The molecule has 8 aromatic carbocycles. The van der Waals surface area contributed by atoms with Gasteiger partial charge in [-0.25, -0.2) is 4.98 Å². The van der Waals surface area contributed by atoms with Gasteiger partial charge in [-0.05, 0) is 34.9 Å². The molecule has 10 radical (unpaired) electrons. The zero-order chi connectivity index (χ0) is 41.4. The van der Waals surface area contributed by atoms with E-state index in [1.54, 1.807) is 0 Å². The summed E-state index contributed by atoms with van der Waals surface area (Å²) in [4.78, 5) is 15.6. The van der Waals surface area contributed by atoms with E-state index in [2.05, 4.69) is 88.0 Å². The van der Waals surface area contributed by atoms with Crippen molar-refractivity contribution < 1.29 is 0 Å². The van der Waals surface area contributed by atoms with Crippen LogP contribution < -0.4 is 27.3 Å². The summed E-state index contributed by atoms with van der Waals surface area (Å²) in [5, 5.41) is 4.23. The van der Waals surface area contributed by atoms with E-state index in [1.165, 1.54) is 0 Å². The summed E-state index contributed by atoms with van der Waals surface area (Å²) >= 11 is 0. The predicted octanol–water partition coefficient (Wildman–Crippen LogP) is 6.70. The molecule has 0 spiro atoms. The first-order valence-electron chi connectivity index (χ1n) is 19.9. The topological polar surface area (TPSA) is 48.5 Å². The van der Waals surface area contributed by atoms with Crippen molar-refractivity contribution in [1.29, 1.82) is 0 Å². The van der Waals surface area contributed by atoms with Crippen LogP contribution >= 0.6 is 0 Å². The summed E-state index contributed by atoms with van der Waals surface area (Å²) in [6, 6.07) is 57.7. The second kappa shape index (κ2) is 14.5. The molecule has 0 saturated heterocycles. The molecular formula is C51H28B5N5. The van der Waals surface area contributed by atoms with Crippen molar-refractivity contribution in [3.63, 3.8) is 0 Å². The van der Waals surface area contributed by atoms with Gasteiger partial charge in [-0.2, -0.15) is 9.97 Å². The van der Waals surface area contributed by atoms with E-state index in [-0.39, 0.29) is 27.3 Å². The Morgan fingerprint density at radius 3 is 1.31 bits per heavy atom. The van der Waals surface area contributed by atoms with Crippen molar-refractivity contribution >= 4 is 110 Å². The summed E-state index contributed by atoms with van der Waals surface area (Å²) < 4.78 is 4.52. The summed E-state index contributed by atoms with van der Waals surface area (Å²) in [6.45, 7) is 0. The molecule has 0 aliphatic carbocycles. The fraction of sp³-hybridized carbons (Fsp3) is 0. The highest BCUT2D eigenvalue weighted by molar-refractivity contribution is 6.68. The van der Waals surface area contributed by atoms with E-state index in [0.717, 1.165) is 77.1 Å². The van der Waals surface area contributed by atoms with Crippen LogP contribution in [0.4, 0.5) is 0 Å². The maximum atomic E-state index is 6.82. The van der Waals surface area contributed by atoms with E-state index in [1.807, 2.05) is 91.0 Å². The van der Waals surface area contributed by atoms with Crippen molar-refractivity contribution in [2.45, 2.75) is 0 Å². The molecule has 3 aromatic heterocycles. The van der Waals surface area contributed by atoms with Crippen LogP contribution in [0, 0.1) is 0 Å². The van der Waals surface area contributed by atoms with Gasteiger partial charge in [0, 0.05) is 38.2 Å². The number of benzene rings is 8. The molecular weight excluding hydrogens is 737 g/mol. The highest BCUT2D eigenvalue weighted by Gasteiger charge is 2.26. The van der Waals surface area contributed by atoms with Crippen LogP contribution in [0.15, 0.2) is 170 Å². The van der Waals surface area contributed by atoms with Crippen LogP contribution in [-0.4, -0.2) is 63.3 Å². The van der Waals surface area contributed by atoms with Crippen LogP contribution in [0.25, 0.3) is 100 Å². The van der Waals surface area contributed by atoms with E-state index < -0.39 is 0 Å². The number of nitrogens with zero attached hydrogens (tertiary/aromatic N) is 5. The third-order valence-electron chi connectivity index (χ3n) is 11.7. The number of aromatic nitrogens is 5. The molecule has 11 aromatic rings. The molecule has 0 unspecified atom stereocenters. The Balaban J connectivity index is 1.32. The first-order valence-corrected chi connectivity index (χ1v) is 19.9. The summed E-state index contributed by atoms with van der Waals surface area (Å²) in [5.74, 6) is 1.63. The van der Waals surface area contributed by atoms with E-state index >= 15 is 0 Å². The number of rotatable bonds is 6. The van der Waals surface area contributed by atoms with Crippen LogP contribution in [0.5, 0.6) is 0 Å². The normalized spacial score (nSPS) is 11.6. The zero-order valence-corrected chi connectivity index (χ0v) is 32.8. The molecule has 0 bridgehead atoms. The SMILES string of the molecule is [B]c1c([B])c([B])c(-c2cccc(-n3c4ccccc4c4ccc5c6ccccc6n(-c6nc(-c7ccccc7)nc(-c7ccccc7)n6)c5c43)c2-c2ccccc2)c([B])c1[B]. The van der Waals surface area contributed by atoms with E-state index in [9.17, 15) is 0 Å². The number of para-hydroxylation sites is 2. The standard InChI is InChI=1S/C51H28B5N5/c52-42-41(43(53)45(55)46(56)44(42)54)36-23-14-26-39(40(36)29-15-4-1-5-16-29)60-37-24-12-10-21-32(37)34-27-28-35-33-22-11-13-25-38(33)61(48(35)47(34)60)51-58-49(30-17-6-2-7-18-30)57-50(59-51)31-19-8-3-9-20-31/h1-28H. The monoisotopic (exact) mass is 765 g/mol. The highest BCUT2D eigenvalue weighted by Crippen LogP contribution is 2.44. The maximum Gasteiger partial charge on any atom is 0.238 e. The van der Waals surface area contributed by atoms with Gasteiger partial charge >= 0.3 is 0 Å². The van der Waals surface area contributed by atoms with E-state index in [0.29, 0.717) is 23.2 Å². The molecule has 10 heteroatoms. The number of fused-ring (bicyclic) bond motifs is 7. The average molecular weight is 765 g/mol. The van der Waals surface area contributed by atoms with Gasteiger partial charge in [0.1, 0.15) is 39.2 Å². The molecule has 0 saturated carbocycles. The lowest BCUT2D eigenvalue weighted by atomic mass is 9.59. The maximum absolute atomic E-state index is 6.82. The molecule has 11 rings (SSSR count). The van der Waals surface area contributed by atoms with Crippen LogP contribution in [-0.2, 0) is 0 Å². The van der Waals surface area contributed by atoms with Gasteiger partial charge in [0.25, 0.3) is 0 Å². The summed E-state index contributed by atoms with van der Waals surface area (Å²) in [6.07, 6.45) is 0. The Labute approximate surface area is 359 Å². The van der Waals surface area contributed by atoms with Crippen LogP contribution in [0.3, 0.4) is 0 Å². The molecule has 272 valence electrons.